The summed E-state index contributed by atoms with van der Waals surface area (Å²) in [5.74, 6) is 1.26. The van der Waals surface area contributed by atoms with E-state index in [4.69, 9.17) is 16.3 Å². The Morgan fingerprint density at radius 1 is 1.25 bits per heavy atom. The Balaban J connectivity index is 1.46. The summed E-state index contributed by atoms with van der Waals surface area (Å²) in [7, 11) is 1.54. The Bertz CT molecular complexity index is 984. The van der Waals surface area contributed by atoms with Gasteiger partial charge in [-0.3, -0.25) is 4.79 Å². The molecule has 2 aromatic heterocycles. The molecule has 0 aliphatic carbocycles. The number of halogens is 1. The van der Waals surface area contributed by atoms with Crippen molar-refractivity contribution in [3.05, 3.63) is 52.6 Å². The predicted octanol–water partition coefficient (Wildman–Crippen LogP) is 4.72. The van der Waals surface area contributed by atoms with E-state index in [1.54, 1.807) is 30.7 Å². The third-order valence-corrected chi connectivity index (χ3v) is 5.76. The highest BCUT2D eigenvalue weighted by atomic mass is 35.5. The van der Waals surface area contributed by atoms with Gasteiger partial charge in [-0.1, -0.05) is 11.6 Å². The maximum atomic E-state index is 12.5. The molecule has 0 spiro atoms. The molecule has 1 saturated heterocycles. The number of carbonyl (C=O) groups excluding carboxylic acids is 1. The molecule has 3 heterocycles. The van der Waals surface area contributed by atoms with Crippen LogP contribution in [0.5, 0.6) is 5.75 Å². The standard InChI is InChI=1S/C20H19ClN4O2S/c1-27-17-6-5-14(10-15(17)21)23-19(26)16-12-28-20(24-16)13-4-7-18(22-11-13)25-8-2-3-9-25/h4-7,10-12H,2-3,8-9H2,1H3,(H,23,26). The molecule has 8 heteroatoms. The predicted molar refractivity (Wildman–Crippen MR) is 113 cm³/mol. The fourth-order valence-corrected chi connectivity index (χ4v) is 4.14. The van der Waals surface area contributed by atoms with Crippen molar-refractivity contribution in [2.75, 3.05) is 30.4 Å². The van der Waals surface area contributed by atoms with Crippen molar-refractivity contribution >= 4 is 40.4 Å². The first-order valence-corrected chi connectivity index (χ1v) is 10.2. The second-order valence-electron chi connectivity index (χ2n) is 6.44. The Morgan fingerprint density at radius 2 is 2.07 bits per heavy atom. The van der Waals surface area contributed by atoms with E-state index in [0.717, 1.165) is 29.5 Å². The van der Waals surface area contributed by atoms with Crippen LogP contribution >= 0.6 is 22.9 Å². The van der Waals surface area contributed by atoms with Gasteiger partial charge >= 0.3 is 0 Å². The van der Waals surface area contributed by atoms with E-state index >= 15 is 0 Å². The lowest BCUT2D eigenvalue weighted by molar-refractivity contribution is 0.102. The zero-order chi connectivity index (χ0) is 19.5. The molecule has 144 valence electrons. The van der Waals surface area contributed by atoms with Crippen LogP contribution in [0.3, 0.4) is 0 Å². The van der Waals surface area contributed by atoms with Crippen LogP contribution in [0.4, 0.5) is 11.5 Å². The van der Waals surface area contributed by atoms with Crippen molar-refractivity contribution in [1.29, 1.82) is 0 Å². The van der Waals surface area contributed by atoms with E-state index in [-0.39, 0.29) is 5.91 Å². The first kappa shape index (κ1) is 18.7. The largest absolute Gasteiger partial charge is 0.495 e. The number of ether oxygens (including phenoxy) is 1. The molecule has 6 nitrogen and oxygen atoms in total. The number of aromatic nitrogens is 2. The van der Waals surface area contributed by atoms with Crippen LogP contribution < -0.4 is 15.0 Å². The van der Waals surface area contributed by atoms with E-state index < -0.39 is 0 Å². The average Bonchev–Trinajstić information content (AvgIpc) is 3.41. The number of anilines is 2. The van der Waals surface area contributed by atoms with Crippen LogP contribution in [-0.2, 0) is 0 Å². The minimum atomic E-state index is -0.287. The van der Waals surface area contributed by atoms with Crippen molar-refractivity contribution in [2.45, 2.75) is 12.8 Å². The average molecular weight is 415 g/mol. The fraction of sp³-hybridized carbons (Fsp3) is 0.250. The lowest BCUT2D eigenvalue weighted by atomic mass is 10.3. The minimum Gasteiger partial charge on any atom is -0.495 e. The maximum absolute atomic E-state index is 12.5. The zero-order valence-corrected chi connectivity index (χ0v) is 16.9. The summed E-state index contributed by atoms with van der Waals surface area (Å²) in [6.45, 7) is 2.12. The Kier molecular flexibility index (Phi) is 5.45. The summed E-state index contributed by atoms with van der Waals surface area (Å²) in [6, 6.07) is 9.10. The van der Waals surface area contributed by atoms with Gasteiger partial charge in [-0.2, -0.15) is 0 Å². The lowest BCUT2D eigenvalue weighted by Gasteiger charge is -2.15. The highest BCUT2D eigenvalue weighted by molar-refractivity contribution is 7.13. The number of methoxy groups -OCH3 is 1. The van der Waals surface area contributed by atoms with E-state index in [0.29, 0.717) is 22.2 Å². The number of hydrogen-bond donors (Lipinski definition) is 1. The van der Waals surface area contributed by atoms with Gasteiger partial charge in [0.25, 0.3) is 5.91 Å². The van der Waals surface area contributed by atoms with Crippen molar-refractivity contribution < 1.29 is 9.53 Å². The summed E-state index contributed by atoms with van der Waals surface area (Å²) in [4.78, 5) is 23.8. The minimum absolute atomic E-state index is 0.287. The van der Waals surface area contributed by atoms with E-state index in [2.05, 4.69) is 20.2 Å². The summed E-state index contributed by atoms with van der Waals surface area (Å²) in [5.41, 5.74) is 1.84. The van der Waals surface area contributed by atoms with Gasteiger partial charge in [-0.05, 0) is 43.2 Å². The fourth-order valence-electron chi connectivity index (χ4n) is 3.10. The molecule has 3 aromatic rings. The van der Waals surface area contributed by atoms with Crippen LogP contribution in [0.1, 0.15) is 23.3 Å². The van der Waals surface area contributed by atoms with Crippen molar-refractivity contribution in [3.63, 3.8) is 0 Å². The van der Waals surface area contributed by atoms with Crippen LogP contribution in [0.25, 0.3) is 10.6 Å². The second kappa shape index (κ2) is 8.16. The van der Waals surface area contributed by atoms with Crippen LogP contribution in [0, 0.1) is 0 Å². The lowest BCUT2D eigenvalue weighted by Crippen LogP contribution is -2.18. The second-order valence-corrected chi connectivity index (χ2v) is 7.71. The van der Waals surface area contributed by atoms with Crippen molar-refractivity contribution in [3.8, 4) is 16.3 Å². The Morgan fingerprint density at radius 3 is 2.75 bits per heavy atom. The first-order chi connectivity index (χ1) is 13.6. The summed E-state index contributed by atoms with van der Waals surface area (Å²) >= 11 is 7.52. The van der Waals surface area contributed by atoms with Crippen molar-refractivity contribution in [1.82, 2.24) is 9.97 Å². The van der Waals surface area contributed by atoms with Gasteiger partial charge in [-0.25, -0.2) is 9.97 Å². The number of thiazole rings is 1. The quantitative estimate of drug-likeness (QED) is 0.654. The third kappa shape index (κ3) is 3.95. The zero-order valence-electron chi connectivity index (χ0n) is 15.3. The molecule has 28 heavy (non-hydrogen) atoms. The van der Waals surface area contributed by atoms with Gasteiger partial charge < -0.3 is 15.0 Å². The maximum Gasteiger partial charge on any atom is 0.275 e. The van der Waals surface area contributed by atoms with Gasteiger partial charge in [-0.15, -0.1) is 11.3 Å². The number of pyridine rings is 1. The molecule has 1 aliphatic rings. The number of benzene rings is 1. The Labute approximate surface area is 172 Å². The molecule has 1 fully saturated rings. The molecule has 0 unspecified atom stereocenters. The topological polar surface area (TPSA) is 67.3 Å². The summed E-state index contributed by atoms with van der Waals surface area (Å²) in [6.07, 6.45) is 4.25. The van der Waals surface area contributed by atoms with Gasteiger partial charge in [0.2, 0.25) is 0 Å². The normalized spacial score (nSPS) is 13.6. The van der Waals surface area contributed by atoms with E-state index in [9.17, 15) is 4.79 Å². The molecule has 0 atom stereocenters. The van der Waals surface area contributed by atoms with Crippen LogP contribution in [-0.4, -0.2) is 36.1 Å². The summed E-state index contributed by atoms with van der Waals surface area (Å²) < 4.78 is 5.12. The molecular weight excluding hydrogens is 396 g/mol. The molecule has 1 aliphatic heterocycles. The van der Waals surface area contributed by atoms with Gasteiger partial charge in [0.05, 0.1) is 12.1 Å². The summed E-state index contributed by atoms with van der Waals surface area (Å²) in [5, 5.41) is 5.74. The smallest absolute Gasteiger partial charge is 0.275 e. The molecule has 0 bridgehead atoms. The number of nitrogens with zero attached hydrogens (tertiary/aromatic N) is 3. The Hall–Kier alpha value is -2.64. The van der Waals surface area contributed by atoms with Crippen LogP contribution in [0.2, 0.25) is 5.02 Å². The number of hydrogen-bond acceptors (Lipinski definition) is 6. The van der Waals surface area contributed by atoms with Gasteiger partial charge in [0, 0.05) is 35.9 Å². The van der Waals surface area contributed by atoms with Crippen molar-refractivity contribution in [2.24, 2.45) is 0 Å². The van der Waals surface area contributed by atoms with Gasteiger partial charge in [0.15, 0.2) is 0 Å². The highest BCUT2D eigenvalue weighted by Gasteiger charge is 2.15. The highest BCUT2D eigenvalue weighted by Crippen LogP contribution is 2.29. The molecule has 1 N–H and O–H groups in total. The SMILES string of the molecule is COc1ccc(NC(=O)c2csc(-c3ccc(N4CCCC4)nc3)n2)cc1Cl. The molecule has 4 rings (SSSR count). The van der Waals surface area contributed by atoms with Gasteiger partial charge in [0.1, 0.15) is 22.3 Å². The molecular formula is C20H19ClN4O2S. The monoisotopic (exact) mass is 414 g/mol. The molecule has 0 saturated carbocycles. The molecule has 0 radical (unpaired) electrons. The van der Waals surface area contributed by atoms with E-state index in [1.165, 1.54) is 24.2 Å². The number of amides is 1. The molecule has 1 aromatic carbocycles. The third-order valence-electron chi connectivity index (χ3n) is 4.57. The first-order valence-electron chi connectivity index (χ1n) is 8.96. The van der Waals surface area contributed by atoms with E-state index in [1.807, 2.05) is 18.3 Å². The van der Waals surface area contributed by atoms with Crippen LogP contribution in [0.15, 0.2) is 41.9 Å². The number of carbonyl (C=O) groups is 1. The molecule has 1 amide bonds. The number of nitrogens with one attached hydrogen (secondary N) is 1. The number of rotatable bonds is 5.